The highest BCUT2D eigenvalue weighted by Crippen LogP contribution is 2.21. The summed E-state index contributed by atoms with van der Waals surface area (Å²) < 4.78 is 7.92. The van der Waals surface area contributed by atoms with E-state index in [1.54, 1.807) is 13.3 Å². The number of hydrogen-bond donors (Lipinski definition) is 0. The van der Waals surface area contributed by atoms with Gasteiger partial charge in [0, 0.05) is 16.7 Å². The van der Waals surface area contributed by atoms with Gasteiger partial charge in [-0.3, -0.25) is 0 Å². The molecule has 0 saturated heterocycles. The lowest BCUT2D eigenvalue weighted by Gasteiger charge is -2.07. The minimum atomic E-state index is 0.586. The third-order valence-corrected chi connectivity index (χ3v) is 3.57. The van der Waals surface area contributed by atoms with Crippen molar-refractivity contribution in [3.63, 3.8) is 0 Å². The van der Waals surface area contributed by atoms with Gasteiger partial charge in [0.15, 0.2) is 0 Å². The zero-order valence-corrected chi connectivity index (χ0v) is 11.8. The second kappa shape index (κ2) is 4.97. The van der Waals surface area contributed by atoms with Crippen LogP contribution in [0.2, 0.25) is 0 Å². The van der Waals surface area contributed by atoms with Crippen LogP contribution >= 0.6 is 15.9 Å². The number of nitrogens with zero attached hydrogens (tertiary/aromatic N) is 4. The molecule has 0 aliphatic carbocycles. The van der Waals surface area contributed by atoms with Crippen molar-refractivity contribution in [1.29, 1.82) is 0 Å². The van der Waals surface area contributed by atoms with E-state index in [1.165, 1.54) is 0 Å². The van der Waals surface area contributed by atoms with Crippen molar-refractivity contribution in [2.24, 2.45) is 0 Å². The van der Waals surface area contributed by atoms with Crippen LogP contribution in [0.4, 0.5) is 0 Å². The first-order valence-electron chi connectivity index (χ1n) is 5.74. The van der Waals surface area contributed by atoms with Gasteiger partial charge < -0.3 is 4.74 Å². The molecule has 3 aromatic rings. The number of halogens is 1. The van der Waals surface area contributed by atoms with E-state index in [2.05, 4.69) is 31.2 Å². The third-order valence-electron chi connectivity index (χ3n) is 2.86. The Morgan fingerprint density at radius 2 is 2.16 bits per heavy atom. The van der Waals surface area contributed by atoms with Crippen LogP contribution in [-0.4, -0.2) is 27.1 Å². The van der Waals surface area contributed by atoms with Crippen LogP contribution in [0.3, 0.4) is 0 Å². The van der Waals surface area contributed by atoms with Crippen LogP contribution in [0.15, 0.2) is 41.0 Å². The molecular formula is C13H11BrN4O. The van der Waals surface area contributed by atoms with Crippen LogP contribution in [0.1, 0.15) is 5.56 Å². The number of ether oxygens (including phenoxy) is 1. The van der Waals surface area contributed by atoms with Crippen LogP contribution in [-0.2, 0) is 6.54 Å². The average molecular weight is 319 g/mol. The van der Waals surface area contributed by atoms with E-state index in [-0.39, 0.29) is 0 Å². The molecule has 0 aliphatic heterocycles. The Morgan fingerprint density at radius 3 is 3.00 bits per heavy atom. The fraction of sp³-hybridized carbons (Fsp3) is 0.154. The first-order chi connectivity index (χ1) is 9.28. The van der Waals surface area contributed by atoms with Gasteiger partial charge in [-0.2, -0.15) is 0 Å². The molecule has 2 heterocycles. The molecule has 0 saturated carbocycles. The molecule has 0 atom stereocenters. The third kappa shape index (κ3) is 2.31. The number of pyridine rings is 1. The van der Waals surface area contributed by atoms with Gasteiger partial charge >= 0.3 is 0 Å². The maximum absolute atomic E-state index is 5.14. The van der Waals surface area contributed by atoms with Gasteiger partial charge in [-0.25, -0.2) is 9.67 Å². The van der Waals surface area contributed by atoms with E-state index in [1.807, 2.05) is 35.0 Å². The van der Waals surface area contributed by atoms with E-state index in [0.29, 0.717) is 12.4 Å². The average Bonchev–Trinajstić information content (AvgIpc) is 2.85. The van der Waals surface area contributed by atoms with E-state index in [0.717, 1.165) is 21.1 Å². The molecule has 0 N–H and O–H groups in total. The number of benzene rings is 1. The largest absolute Gasteiger partial charge is 0.481 e. The van der Waals surface area contributed by atoms with Crippen molar-refractivity contribution in [1.82, 2.24) is 20.0 Å². The molecule has 1 aromatic carbocycles. The topological polar surface area (TPSA) is 52.8 Å². The van der Waals surface area contributed by atoms with E-state index < -0.39 is 0 Å². The molecule has 0 fully saturated rings. The molecule has 2 aromatic heterocycles. The summed E-state index contributed by atoms with van der Waals surface area (Å²) in [5.41, 5.74) is 2.94. The van der Waals surface area contributed by atoms with Gasteiger partial charge in [0.25, 0.3) is 0 Å². The molecule has 6 heteroatoms. The summed E-state index contributed by atoms with van der Waals surface area (Å²) >= 11 is 3.49. The van der Waals surface area contributed by atoms with Gasteiger partial charge in [-0.1, -0.05) is 17.3 Å². The number of fused-ring (bicyclic) bond motifs is 1. The SMILES string of the molecule is COc1cc(Cn2nnc3ccccc32)c(Br)cn1. The molecule has 0 aliphatic rings. The van der Waals surface area contributed by atoms with Crippen LogP contribution in [0.5, 0.6) is 5.88 Å². The zero-order valence-electron chi connectivity index (χ0n) is 10.2. The highest BCUT2D eigenvalue weighted by atomic mass is 79.9. The second-order valence-electron chi connectivity index (χ2n) is 4.05. The Balaban J connectivity index is 2.01. The molecule has 0 spiro atoms. The van der Waals surface area contributed by atoms with Crippen molar-refractivity contribution >= 4 is 27.0 Å². The predicted molar refractivity (Wildman–Crippen MR) is 75.1 cm³/mol. The van der Waals surface area contributed by atoms with Crippen LogP contribution < -0.4 is 4.74 Å². The molecular weight excluding hydrogens is 308 g/mol. The van der Waals surface area contributed by atoms with Gasteiger partial charge in [0.2, 0.25) is 5.88 Å². The van der Waals surface area contributed by atoms with Gasteiger partial charge in [-0.15, -0.1) is 5.10 Å². The van der Waals surface area contributed by atoms with E-state index in [9.17, 15) is 0 Å². The Labute approximate surface area is 118 Å². The summed E-state index contributed by atoms with van der Waals surface area (Å²) in [7, 11) is 1.60. The van der Waals surface area contributed by atoms with Gasteiger partial charge in [-0.05, 0) is 33.6 Å². The lowest BCUT2D eigenvalue weighted by Crippen LogP contribution is -2.03. The van der Waals surface area contributed by atoms with Crippen molar-refractivity contribution in [3.8, 4) is 5.88 Å². The summed E-state index contributed by atoms with van der Waals surface area (Å²) in [4.78, 5) is 4.13. The first-order valence-corrected chi connectivity index (χ1v) is 6.54. The van der Waals surface area contributed by atoms with Crippen molar-refractivity contribution in [2.75, 3.05) is 7.11 Å². The fourth-order valence-electron chi connectivity index (χ4n) is 1.89. The first kappa shape index (κ1) is 12.1. The summed E-state index contributed by atoms with van der Waals surface area (Å²) in [6.45, 7) is 0.611. The molecule has 0 bridgehead atoms. The molecule has 0 unspecified atom stereocenters. The maximum Gasteiger partial charge on any atom is 0.213 e. The highest BCUT2D eigenvalue weighted by molar-refractivity contribution is 9.10. The molecule has 19 heavy (non-hydrogen) atoms. The molecule has 96 valence electrons. The Morgan fingerprint density at radius 1 is 1.32 bits per heavy atom. The number of rotatable bonds is 3. The summed E-state index contributed by atoms with van der Waals surface area (Å²) in [6, 6.07) is 9.76. The quantitative estimate of drug-likeness (QED) is 0.745. The van der Waals surface area contributed by atoms with E-state index >= 15 is 0 Å². The second-order valence-corrected chi connectivity index (χ2v) is 4.91. The number of aromatic nitrogens is 4. The standard InChI is InChI=1S/C13H11BrN4O/c1-19-13-6-9(10(14)7-15-13)8-18-12-5-3-2-4-11(12)16-17-18/h2-7H,8H2,1H3. The van der Waals surface area contributed by atoms with Crippen molar-refractivity contribution in [3.05, 3.63) is 46.6 Å². The van der Waals surface area contributed by atoms with Crippen LogP contribution in [0, 0.1) is 0 Å². The number of methoxy groups -OCH3 is 1. The predicted octanol–water partition coefficient (Wildman–Crippen LogP) is 2.65. The normalized spacial score (nSPS) is 10.8. The minimum Gasteiger partial charge on any atom is -0.481 e. The van der Waals surface area contributed by atoms with Gasteiger partial charge in [0.05, 0.1) is 19.2 Å². The summed E-state index contributed by atoms with van der Waals surface area (Å²) in [6.07, 6.45) is 1.73. The molecule has 0 radical (unpaired) electrons. The lowest BCUT2D eigenvalue weighted by atomic mass is 10.2. The van der Waals surface area contributed by atoms with Gasteiger partial charge in [0.1, 0.15) is 5.52 Å². The van der Waals surface area contributed by atoms with Crippen molar-refractivity contribution in [2.45, 2.75) is 6.54 Å². The van der Waals surface area contributed by atoms with E-state index in [4.69, 9.17) is 4.74 Å². The highest BCUT2D eigenvalue weighted by Gasteiger charge is 2.08. The minimum absolute atomic E-state index is 0.586. The monoisotopic (exact) mass is 318 g/mol. The number of para-hydroxylation sites is 1. The Kier molecular flexibility index (Phi) is 3.16. The summed E-state index contributed by atoms with van der Waals surface area (Å²) in [5, 5.41) is 8.31. The molecule has 5 nitrogen and oxygen atoms in total. The summed E-state index contributed by atoms with van der Waals surface area (Å²) in [5.74, 6) is 0.586. The number of hydrogen-bond acceptors (Lipinski definition) is 4. The Bertz CT molecular complexity index is 725. The smallest absolute Gasteiger partial charge is 0.213 e. The van der Waals surface area contributed by atoms with Crippen LogP contribution in [0.25, 0.3) is 11.0 Å². The zero-order chi connectivity index (χ0) is 13.2. The lowest BCUT2D eigenvalue weighted by molar-refractivity contribution is 0.397. The van der Waals surface area contributed by atoms with Crippen molar-refractivity contribution < 1.29 is 4.74 Å². The Hall–Kier alpha value is -1.95. The molecule has 3 rings (SSSR count). The maximum atomic E-state index is 5.14. The molecule has 0 amide bonds. The fourth-order valence-corrected chi connectivity index (χ4v) is 2.23.